The van der Waals surface area contributed by atoms with Crippen LogP contribution in [0.1, 0.15) is 33.1 Å². The summed E-state index contributed by atoms with van der Waals surface area (Å²) in [5.41, 5.74) is 4.80. The first-order chi connectivity index (χ1) is 11.7. The van der Waals surface area contributed by atoms with Gasteiger partial charge in [-0.1, -0.05) is 13.8 Å². The molecule has 1 aromatic rings. The molecule has 2 amide bonds. The molecule has 2 heterocycles. The van der Waals surface area contributed by atoms with Gasteiger partial charge >= 0.3 is 0 Å². The number of hydrazine groups is 1. The fourth-order valence-electron chi connectivity index (χ4n) is 2.59. The molecule has 1 fully saturated rings. The first-order valence-electron chi connectivity index (χ1n) is 8.04. The summed E-state index contributed by atoms with van der Waals surface area (Å²) in [4.78, 5) is 23.9. The van der Waals surface area contributed by atoms with Gasteiger partial charge in [-0.15, -0.1) is 11.3 Å². The van der Waals surface area contributed by atoms with E-state index in [1.807, 2.05) is 13.8 Å². The predicted octanol–water partition coefficient (Wildman–Crippen LogP) is 2.10. The standard InChI is InChI=1S/C15H22BrN3O4S2/c1-10(2)8-13(20)17-18-15(21)11-4-3-7-19(9-11)25(22,23)14-6-5-12(16)24-14/h5-6,10-11H,3-4,7-9H2,1-2H3,(H,17,20)(H,18,21). The van der Waals surface area contributed by atoms with Gasteiger partial charge in [-0.05, 0) is 46.8 Å². The molecule has 0 aliphatic carbocycles. The third kappa shape index (κ3) is 5.50. The van der Waals surface area contributed by atoms with Gasteiger partial charge in [0.2, 0.25) is 11.8 Å². The zero-order chi connectivity index (χ0) is 18.6. The third-order valence-corrected chi connectivity index (χ3v) is 7.77. The normalized spacial score (nSPS) is 19.0. The van der Waals surface area contributed by atoms with Crippen LogP contribution in [0.15, 0.2) is 20.1 Å². The topological polar surface area (TPSA) is 95.6 Å². The second-order valence-electron chi connectivity index (χ2n) is 6.40. The average molecular weight is 452 g/mol. The first kappa shape index (κ1) is 20.3. The van der Waals surface area contributed by atoms with Crippen molar-refractivity contribution < 1.29 is 18.0 Å². The molecule has 1 aromatic heterocycles. The Morgan fingerprint density at radius 2 is 2.08 bits per heavy atom. The monoisotopic (exact) mass is 451 g/mol. The fraction of sp³-hybridized carbons (Fsp3) is 0.600. The zero-order valence-electron chi connectivity index (χ0n) is 14.1. The van der Waals surface area contributed by atoms with Crippen molar-refractivity contribution in [3.8, 4) is 0 Å². The third-order valence-electron chi connectivity index (χ3n) is 3.82. The molecule has 0 spiro atoms. The Kier molecular flexibility index (Phi) is 7.01. The van der Waals surface area contributed by atoms with Crippen LogP contribution in [0.5, 0.6) is 0 Å². The number of rotatable bonds is 5. The summed E-state index contributed by atoms with van der Waals surface area (Å²) in [6.07, 6.45) is 1.51. The predicted molar refractivity (Wildman–Crippen MR) is 99.2 cm³/mol. The van der Waals surface area contributed by atoms with Gasteiger partial charge in [-0.3, -0.25) is 20.4 Å². The molecule has 0 saturated carbocycles. The van der Waals surface area contributed by atoms with E-state index < -0.39 is 15.9 Å². The minimum absolute atomic E-state index is 0.115. The van der Waals surface area contributed by atoms with Crippen LogP contribution in [0.2, 0.25) is 0 Å². The number of nitrogens with one attached hydrogen (secondary N) is 2. The summed E-state index contributed by atoms with van der Waals surface area (Å²) in [5.74, 6) is -0.903. The second kappa shape index (κ2) is 8.61. The molecule has 140 valence electrons. The number of carbonyl (C=O) groups is 2. The Labute approximate surface area is 160 Å². The smallest absolute Gasteiger partial charge is 0.252 e. The van der Waals surface area contributed by atoms with Gasteiger partial charge < -0.3 is 0 Å². The van der Waals surface area contributed by atoms with Gasteiger partial charge in [0, 0.05) is 19.5 Å². The van der Waals surface area contributed by atoms with E-state index in [-0.39, 0.29) is 28.5 Å². The quantitative estimate of drug-likeness (QED) is 0.669. The van der Waals surface area contributed by atoms with Crippen molar-refractivity contribution in [1.82, 2.24) is 15.2 Å². The lowest BCUT2D eigenvalue weighted by molar-refractivity contribution is -0.132. The Morgan fingerprint density at radius 1 is 1.36 bits per heavy atom. The lowest BCUT2D eigenvalue weighted by Crippen LogP contribution is -2.50. The molecule has 1 unspecified atom stereocenters. The van der Waals surface area contributed by atoms with Crippen LogP contribution in [0, 0.1) is 11.8 Å². The van der Waals surface area contributed by atoms with Gasteiger partial charge in [-0.25, -0.2) is 8.42 Å². The highest BCUT2D eigenvalue weighted by Gasteiger charge is 2.34. The highest BCUT2D eigenvalue weighted by atomic mass is 79.9. The molecular formula is C15H22BrN3O4S2. The van der Waals surface area contributed by atoms with E-state index in [0.29, 0.717) is 25.8 Å². The maximum atomic E-state index is 12.7. The van der Waals surface area contributed by atoms with Gasteiger partial charge in [-0.2, -0.15) is 4.31 Å². The summed E-state index contributed by atoms with van der Waals surface area (Å²) in [5, 5.41) is 0. The molecule has 0 radical (unpaired) electrons. The van der Waals surface area contributed by atoms with E-state index in [1.165, 1.54) is 4.31 Å². The van der Waals surface area contributed by atoms with Crippen LogP contribution >= 0.6 is 27.3 Å². The molecule has 7 nitrogen and oxygen atoms in total. The molecule has 25 heavy (non-hydrogen) atoms. The molecule has 0 aromatic carbocycles. The Morgan fingerprint density at radius 3 is 2.68 bits per heavy atom. The van der Waals surface area contributed by atoms with E-state index in [1.54, 1.807) is 12.1 Å². The average Bonchev–Trinajstić information content (AvgIpc) is 2.99. The van der Waals surface area contributed by atoms with Crippen molar-refractivity contribution in [2.45, 2.75) is 37.3 Å². The lowest BCUT2D eigenvalue weighted by atomic mass is 9.99. The number of piperidine rings is 1. The Balaban J connectivity index is 1.96. The van der Waals surface area contributed by atoms with Crippen LogP contribution in [0.4, 0.5) is 0 Å². The van der Waals surface area contributed by atoms with E-state index in [0.717, 1.165) is 15.1 Å². The number of nitrogens with zero attached hydrogens (tertiary/aromatic N) is 1. The first-order valence-corrected chi connectivity index (χ1v) is 11.1. The summed E-state index contributed by atoms with van der Waals surface area (Å²) in [6, 6.07) is 3.25. The zero-order valence-corrected chi connectivity index (χ0v) is 17.3. The molecule has 0 bridgehead atoms. The van der Waals surface area contributed by atoms with Crippen molar-refractivity contribution in [3.05, 3.63) is 15.9 Å². The lowest BCUT2D eigenvalue weighted by Gasteiger charge is -2.30. The van der Waals surface area contributed by atoms with E-state index in [2.05, 4.69) is 26.8 Å². The minimum Gasteiger partial charge on any atom is -0.273 e. The summed E-state index contributed by atoms with van der Waals surface area (Å²) in [6.45, 7) is 4.33. The van der Waals surface area contributed by atoms with Gasteiger partial charge in [0.05, 0.1) is 9.70 Å². The van der Waals surface area contributed by atoms with Crippen molar-refractivity contribution in [3.63, 3.8) is 0 Å². The van der Waals surface area contributed by atoms with Crippen molar-refractivity contribution in [2.24, 2.45) is 11.8 Å². The molecule has 1 saturated heterocycles. The van der Waals surface area contributed by atoms with Gasteiger partial charge in [0.25, 0.3) is 10.0 Å². The summed E-state index contributed by atoms with van der Waals surface area (Å²) in [7, 11) is -3.60. The molecule has 1 aliphatic rings. The SMILES string of the molecule is CC(C)CC(=O)NNC(=O)C1CCCN(S(=O)(=O)c2ccc(Br)s2)C1. The summed E-state index contributed by atoms with van der Waals surface area (Å²) < 4.78 is 27.7. The fourth-order valence-corrected chi connectivity index (χ4v) is 6.28. The second-order valence-corrected chi connectivity index (χ2v) is 11.0. The number of carbonyl (C=O) groups excluding carboxylic acids is 2. The molecule has 2 rings (SSSR count). The minimum atomic E-state index is -3.60. The van der Waals surface area contributed by atoms with Crippen LogP contribution in [0.25, 0.3) is 0 Å². The van der Waals surface area contributed by atoms with E-state index in [9.17, 15) is 18.0 Å². The highest BCUT2D eigenvalue weighted by molar-refractivity contribution is 9.11. The van der Waals surface area contributed by atoms with Gasteiger partial charge in [0.15, 0.2) is 0 Å². The van der Waals surface area contributed by atoms with Crippen molar-refractivity contribution in [1.29, 1.82) is 0 Å². The van der Waals surface area contributed by atoms with Gasteiger partial charge in [0.1, 0.15) is 4.21 Å². The maximum absolute atomic E-state index is 12.7. The van der Waals surface area contributed by atoms with Crippen LogP contribution in [-0.4, -0.2) is 37.6 Å². The molecule has 1 atom stereocenters. The number of sulfonamides is 1. The Hall–Kier alpha value is -0.970. The number of hydrogen-bond donors (Lipinski definition) is 2. The molecule has 2 N–H and O–H groups in total. The highest BCUT2D eigenvalue weighted by Crippen LogP contribution is 2.30. The number of thiophene rings is 1. The van der Waals surface area contributed by atoms with Crippen LogP contribution in [0.3, 0.4) is 0 Å². The number of amides is 2. The van der Waals surface area contributed by atoms with Crippen molar-refractivity contribution >= 4 is 49.1 Å². The molecule has 1 aliphatic heterocycles. The molecule has 10 heteroatoms. The number of hydrogen-bond acceptors (Lipinski definition) is 5. The largest absolute Gasteiger partial charge is 0.273 e. The van der Waals surface area contributed by atoms with Crippen LogP contribution in [-0.2, 0) is 19.6 Å². The Bertz CT molecular complexity index is 733. The van der Waals surface area contributed by atoms with E-state index in [4.69, 9.17) is 0 Å². The molecular weight excluding hydrogens is 430 g/mol. The van der Waals surface area contributed by atoms with Crippen LogP contribution < -0.4 is 10.9 Å². The number of halogens is 1. The van der Waals surface area contributed by atoms with Crippen molar-refractivity contribution in [2.75, 3.05) is 13.1 Å². The summed E-state index contributed by atoms with van der Waals surface area (Å²) >= 11 is 4.41. The van der Waals surface area contributed by atoms with E-state index >= 15 is 0 Å². The maximum Gasteiger partial charge on any atom is 0.252 e.